The summed E-state index contributed by atoms with van der Waals surface area (Å²) in [5, 5.41) is 16.2. The van der Waals surface area contributed by atoms with Crippen LogP contribution in [0.4, 0.5) is 0 Å². The maximum Gasteiger partial charge on any atom is 0.217 e. The maximum atomic E-state index is 13.1. The second-order valence-corrected chi connectivity index (χ2v) is 11.0. The van der Waals surface area contributed by atoms with Gasteiger partial charge in [-0.15, -0.1) is 0 Å². The standard InChI is InChI=1S/C33H33BrN2O2/c1-36(2)20-10-19-33(37,29-16-9-14-23-11-7-8-15-27(23)29)31(24-12-5-4-6-13-24)28-22-25-21-26(34)17-18-30(25)35-32(28)38-3/h4-9,11-18,21-22,31,37H,10,19-20H2,1-3H3. The van der Waals surface area contributed by atoms with Gasteiger partial charge in [-0.2, -0.15) is 0 Å². The lowest BCUT2D eigenvalue weighted by Crippen LogP contribution is -2.36. The van der Waals surface area contributed by atoms with Gasteiger partial charge in [0.05, 0.1) is 12.6 Å². The summed E-state index contributed by atoms with van der Waals surface area (Å²) < 4.78 is 6.89. The minimum atomic E-state index is -1.23. The lowest BCUT2D eigenvalue weighted by Gasteiger charge is -2.39. The third-order valence-corrected chi connectivity index (χ3v) is 7.80. The van der Waals surface area contributed by atoms with Crippen molar-refractivity contribution in [1.29, 1.82) is 0 Å². The minimum absolute atomic E-state index is 0.414. The number of aliphatic hydroxyl groups is 1. The Kier molecular flexibility index (Phi) is 7.80. The molecule has 0 radical (unpaired) electrons. The molecular weight excluding hydrogens is 536 g/mol. The van der Waals surface area contributed by atoms with Crippen LogP contribution < -0.4 is 4.74 Å². The molecule has 2 unspecified atom stereocenters. The molecule has 194 valence electrons. The van der Waals surface area contributed by atoms with E-state index in [1.807, 2.05) is 48.5 Å². The van der Waals surface area contributed by atoms with Crippen LogP contribution in [0.3, 0.4) is 0 Å². The first-order valence-electron chi connectivity index (χ1n) is 12.9. The molecule has 0 aliphatic rings. The molecule has 0 saturated carbocycles. The fourth-order valence-corrected chi connectivity index (χ4v) is 5.96. The Bertz CT molecular complexity index is 1550. The molecule has 0 fully saturated rings. The van der Waals surface area contributed by atoms with Crippen LogP contribution in [0.15, 0.2) is 102 Å². The Morgan fingerprint density at radius 3 is 2.39 bits per heavy atom. The van der Waals surface area contributed by atoms with Crippen LogP contribution in [0.2, 0.25) is 0 Å². The molecule has 38 heavy (non-hydrogen) atoms. The van der Waals surface area contributed by atoms with Crippen molar-refractivity contribution in [3.8, 4) is 5.88 Å². The van der Waals surface area contributed by atoms with E-state index in [2.05, 4.69) is 83.5 Å². The summed E-state index contributed by atoms with van der Waals surface area (Å²) in [4.78, 5) is 7.06. The molecule has 5 heteroatoms. The van der Waals surface area contributed by atoms with Crippen LogP contribution in [0.1, 0.15) is 35.4 Å². The van der Waals surface area contributed by atoms with Crippen molar-refractivity contribution in [2.75, 3.05) is 27.7 Å². The van der Waals surface area contributed by atoms with Crippen molar-refractivity contribution in [2.45, 2.75) is 24.4 Å². The average molecular weight is 570 g/mol. The molecule has 0 spiro atoms. The van der Waals surface area contributed by atoms with Gasteiger partial charge in [-0.1, -0.05) is 88.7 Å². The highest BCUT2D eigenvalue weighted by Crippen LogP contribution is 2.49. The number of nitrogens with zero attached hydrogens (tertiary/aromatic N) is 2. The van der Waals surface area contributed by atoms with Crippen molar-refractivity contribution < 1.29 is 9.84 Å². The van der Waals surface area contributed by atoms with Gasteiger partial charge in [0.15, 0.2) is 0 Å². The van der Waals surface area contributed by atoms with Gasteiger partial charge in [0, 0.05) is 21.3 Å². The fourth-order valence-electron chi connectivity index (χ4n) is 5.58. The Morgan fingerprint density at radius 1 is 0.895 bits per heavy atom. The number of aromatic nitrogens is 1. The quantitative estimate of drug-likeness (QED) is 0.200. The monoisotopic (exact) mass is 568 g/mol. The van der Waals surface area contributed by atoms with Gasteiger partial charge in [0.25, 0.3) is 0 Å². The van der Waals surface area contributed by atoms with Gasteiger partial charge in [0.1, 0.15) is 5.60 Å². The summed E-state index contributed by atoms with van der Waals surface area (Å²) in [6.45, 7) is 0.870. The molecule has 0 bridgehead atoms. The summed E-state index contributed by atoms with van der Waals surface area (Å²) in [5.41, 5.74) is 2.42. The smallest absolute Gasteiger partial charge is 0.217 e. The number of methoxy groups -OCH3 is 1. The predicted molar refractivity (Wildman–Crippen MR) is 160 cm³/mol. The van der Waals surface area contributed by atoms with Crippen molar-refractivity contribution >= 4 is 37.6 Å². The molecule has 1 aromatic heterocycles. The Morgan fingerprint density at radius 2 is 1.63 bits per heavy atom. The normalized spacial score (nSPS) is 14.1. The number of benzene rings is 4. The van der Waals surface area contributed by atoms with Crippen LogP contribution in [0.5, 0.6) is 5.88 Å². The molecule has 0 aliphatic heterocycles. The van der Waals surface area contributed by atoms with Gasteiger partial charge >= 0.3 is 0 Å². The zero-order chi connectivity index (χ0) is 26.7. The second-order valence-electron chi connectivity index (χ2n) is 10.1. The molecule has 0 aliphatic carbocycles. The molecule has 4 aromatic carbocycles. The fraction of sp³-hybridized carbons (Fsp3) is 0.242. The molecule has 5 aromatic rings. The van der Waals surface area contributed by atoms with E-state index in [1.165, 1.54) is 0 Å². The zero-order valence-corrected chi connectivity index (χ0v) is 23.7. The Balaban J connectivity index is 1.81. The van der Waals surface area contributed by atoms with Crippen LogP contribution in [0.25, 0.3) is 21.7 Å². The zero-order valence-electron chi connectivity index (χ0n) is 22.1. The van der Waals surface area contributed by atoms with E-state index in [-0.39, 0.29) is 0 Å². The van der Waals surface area contributed by atoms with Crippen molar-refractivity contribution in [1.82, 2.24) is 9.88 Å². The number of hydrogen-bond donors (Lipinski definition) is 1. The average Bonchev–Trinajstić information content (AvgIpc) is 2.93. The van der Waals surface area contributed by atoms with E-state index in [0.717, 1.165) is 55.8 Å². The Labute approximate surface area is 233 Å². The first-order chi connectivity index (χ1) is 18.4. The number of hydrogen-bond acceptors (Lipinski definition) is 4. The van der Waals surface area contributed by atoms with Gasteiger partial charge in [-0.3, -0.25) is 0 Å². The van der Waals surface area contributed by atoms with Gasteiger partial charge < -0.3 is 14.7 Å². The van der Waals surface area contributed by atoms with Crippen LogP contribution in [0, 0.1) is 0 Å². The molecule has 1 N–H and O–H groups in total. The molecule has 2 atom stereocenters. The van der Waals surface area contributed by atoms with Crippen LogP contribution in [-0.4, -0.2) is 42.7 Å². The second kappa shape index (κ2) is 11.2. The van der Waals surface area contributed by atoms with Crippen LogP contribution in [-0.2, 0) is 5.60 Å². The molecule has 0 saturated heterocycles. The van der Waals surface area contributed by atoms with Gasteiger partial charge in [-0.25, -0.2) is 4.98 Å². The summed E-state index contributed by atoms with van der Waals surface area (Å²) in [5.74, 6) is 0.113. The topological polar surface area (TPSA) is 45.6 Å². The van der Waals surface area contributed by atoms with E-state index < -0.39 is 11.5 Å². The van der Waals surface area contributed by atoms with E-state index in [9.17, 15) is 5.11 Å². The molecule has 5 rings (SSSR count). The van der Waals surface area contributed by atoms with Crippen molar-refractivity contribution in [3.05, 3.63) is 118 Å². The van der Waals surface area contributed by atoms with Gasteiger partial charge in [0.2, 0.25) is 5.88 Å². The number of halogens is 1. The van der Waals surface area contributed by atoms with Gasteiger partial charge in [-0.05, 0) is 79.6 Å². The third kappa shape index (κ3) is 5.19. The summed E-state index contributed by atoms with van der Waals surface area (Å²) in [6, 6.07) is 32.9. The lowest BCUT2D eigenvalue weighted by atomic mass is 9.70. The maximum absolute atomic E-state index is 13.1. The first-order valence-corrected chi connectivity index (χ1v) is 13.7. The highest BCUT2D eigenvalue weighted by molar-refractivity contribution is 9.10. The number of ether oxygens (including phenoxy) is 1. The summed E-state index contributed by atoms with van der Waals surface area (Å²) >= 11 is 3.61. The van der Waals surface area contributed by atoms with E-state index in [0.29, 0.717) is 12.3 Å². The highest BCUT2D eigenvalue weighted by atomic mass is 79.9. The number of pyridine rings is 1. The van der Waals surface area contributed by atoms with Crippen LogP contribution >= 0.6 is 15.9 Å². The number of fused-ring (bicyclic) bond motifs is 2. The predicted octanol–water partition coefficient (Wildman–Crippen LogP) is 7.52. The summed E-state index contributed by atoms with van der Waals surface area (Å²) in [6.07, 6.45) is 1.39. The molecule has 0 amide bonds. The van der Waals surface area contributed by atoms with E-state index in [4.69, 9.17) is 9.72 Å². The third-order valence-electron chi connectivity index (χ3n) is 7.30. The Hall–Kier alpha value is -3.25. The van der Waals surface area contributed by atoms with E-state index in [1.54, 1.807) is 7.11 Å². The molecule has 1 heterocycles. The SMILES string of the molecule is COc1nc2ccc(Br)cc2cc1C(c1ccccc1)C(O)(CCCN(C)C)c1cccc2ccccc12. The molecular formula is C33H33BrN2O2. The number of rotatable bonds is 9. The highest BCUT2D eigenvalue weighted by Gasteiger charge is 2.43. The lowest BCUT2D eigenvalue weighted by molar-refractivity contribution is 0.00761. The minimum Gasteiger partial charge on any atom is -0.481 e. The van der Waals surface area contributed by atoms with Crippen molar-refractivity contribution in [3.63, 3.8) is 0 Å². The largest absolute Gasteiger partial charge is 0.481 e. The van der Waals surface area contributed by atoms with E-state index >= 15 is 0 Å². The first kappa shape index (κ1) is 26.4. The molecule has 4 nitrogen and oxygen atoms in total. The summed E-state index contributed by atoms with van der Waals surface area (Å²) in [7, 11) is 5.79. The van der Waals surface area contributed by atoms with Crippen molar-refractivity contribution in [2.24, 2.45) is 0 Å².